The third-order valence-corrected chi connectivity index (χ3v) is 2.95. The van der Waals surface area contributed by atoms with E-state index in [1.165, 1.54) is 24.3 Å². The maximum absolute atomic E-state index is 9.04. The Morgan fingerprint density at radius 2 is 0.958 bits per heavy atom. The highest BCUT2D eigenvalue weighted by molar-refractivity contribution is 5.41. The summed E-state index contributed by atoms with van der Waals surface area (Å²) in [5.74, 6) is -0.358. The molecule has 0 aliphatic rings. The predicted octanol–water partition coefficient (Wildman–Crippen LogP) is -4.57. The van der Waals surface area contributed by atoms with Crippen molar-refractivity contribution in [2.75, 3.05) is 13.1 Å². The molecule has 0 spiro atoms. The minimum Gasteiger partial charge on any atom is -1.00 e. The van der Waals surface area contributed by atoms with Gasteiger partial charge in [0, 0.05) is 0 Å². The van der Waals surface area contributed by atoms with Gasteiger partial charge in [-0.05, 0) is 61.3 Å². The van der Waals surface area contributed by atoms with Gasteiger partial charge in [0.2, 0.25) is 0 Å². The molecule has 0 saturated heterocycles. The maximum atomic E-state index is 9.04. The van der Waals surface area contributed by atoms with Gasteiger partial charge >= 0.3 is 2.85 Å². The lowest BCUT2D eigenvalue weighted by atomic mass is 10.1. The highest BCUT2D eigenvalue weighted by Crippen LogP contribution is 2.25. The highest BCUT2D eigenvalue weighted by atomic mass is 35.5. The number of phenols is 4. The van der Waals surface area contributed by atoms with Gasteiger partial charge in [0.1, 0.15) is 0 Å². The van der Waals surface area contributed by atoms with Crippen LogP contribution in [0.25, 0.3) is 0 Å². The monoisotopic (exact) mass is 378 g/mol. The molecule has 0 heterocycles. The zero-order valence-electron chi connectivity index (χ0n) is 15.0. The minimum absolute atomic E-state index is 0. The molecule has 6 nitrogen and oxygen atoms in total. The average molecular weight is 379 g/mol. The Balaban J connectivity index is -0.000000161. The topological polar surface area (TPSA) is 133 Å². The molecule has 0 aliphatic carbocycles. The second-order valence-electron chi connectivity index (χ2n) is 4.72. The fourth-order valence-electron chi connectivity index (χ4n) is 1.78. The molecule has 2 rings (SSSR count). The standard InChI is InChI=1S/2C8H11NO2.2ClH/c2*9-4-3-6-1-2-7(10)8(11)5-6;;/h2*1-2,5,10-11H,3-4,9H2;2*1H. The molecule has 0 saturated carbocycles. The summed E-state index contributed by atoms with van der Waals surface area (Å²) in [7, 11) is 0. The first-order valence-electron chi connectivity index (χ1n) is 6.89. The zero-order valence-corrected chi connectivity index (χ0v) is 14.5. The SMILES string of the molecule is NCCc1ccc(O)c(O)c1.NCCc1ccc(O)c(O)c1.[Cl-].[Cl-].[H+].[H+]. The molecule has 8 heteroatoms. The Bertz CT molecular complexity index is 569. The van der Waals surface area contributed by atoms with Crippen LogP contribution in [0.2, 0.25) is 0 Å². The smallest absolute Gasteiger partial charge is 1.00 e. The van der Waals surface area contributed by atoms with Gasteiger partial charge in [-0.3, -0.25) is 0 Å². The lowest BCUT2D eigenvalue weighted by Crippen LogP contribution is -3.00. The van der Waals surface area contributed by atoms with Gasteiger partial charge in [-0.15, -0.1) is 0 Å². The zero-order chi connectivity index (χ0) is 16.5. The van der Waals surface area contributed by atoms with Crippen LogP contribution in [0.15, 0.2) is 36.4 Å². The van der Waals surface area contributed by atoms with Crippen molar-refractivity contribution in [3.63, 3.8) is 0 Å². The fourth-order valence-corrected chi connectivity index (χ4v) is 1.78. The van der Waals surface area contributed by atoms with E-state index in [2.05, 4.69) is 0 Å². The van der Waals surface area contributed by atoms with Crippen LogP contribution in [-0.2, 0) is 12.8 Å². The molecule has 0 fully saturated rings. The molecule has 24 heavy (non-hydrogen) atoms. The van der Waals surface area contributed by atoms with Crippen molar-refractivity contribution < 1.29 is 48.1 Å². The summed E-state index contributed by atoms with van der Waals surface area (Å²) in [5, 5.41) is 35.9. The van der Waals surface area contributed by atoms with Crippen LogP contribution in [0, 0.1) is 0 Å². The maximum Gasteiger partial charge on any atom is 1.00 e. The number of hydrogen-bond donors (Lipinski definition) is 6. The van der Waals surface area contributed by atoms with Crippen LogP contribution < -0.4 is 36.3 Å². The lowest BCUT2D eigenvalue weighted by Gasteiger charge is -2.00. The van der Waals surface area contributed by atoms with Crippen molar-refractivity contribution in [2.24, 2.45) is 11.5 Å². The van der Waals surface area contributed by atoms with Gasteiger partial charge in [0.25, 0.3) is 0 Å². The summed E-state index contributed by atoms with van der Waals surface area (Å²) in [4.78, 5) is 0. The van der Waals surface area contributed by atoms with Gasteiger partial charge in [0.05, 0.1) is 0 Å². The van der Waals surface area contributed by atoms with Crippen molar-refractivity contribution in [2.45, 2.75) is 12.8 Å². The Hall–Kier alpha value is -1.86. The van der Waals surface area contributed by atoms with Crippen LogP contribution in [0.5, 0.6) is 23.0 Å². The summed E-state index contributed by atoms with van der Waals surface area (Å²) < 4.78 is 0. The van der Waals surface area contributed by atoms with Crippen LogP contribution in [0.1, 0.15) is 14.0 Å². The van der Waals surface area contributed by atoms with E-state index in [4.69, 9.17) is 31.9 Å². The first-order chi connectivity index (χ1) is 10.5. The lowest BCUT2D eigenvalue weighted by molar-refractivity contribution is -0.001000. The van der Waals surface area contributed by atoms with E-state index in [0.717, 1.165) is 11.1 Å². The van der Waals surface area contributed by atoms with E-state index < -0.39 is 0 Å². The van der Waals surface area contributed by atoms with E-state index in [1.807, 2.05) is 0 Å². The van der Waals surface area contributed by atoms with E-state index in [-0.39, 0.29) is 50.7 Å². The fraction of sp³-hybridized carbons (Fsp3) is 0.250. The molecule has 0 atom stereocenters. The molecule has 0 bridgehead atoms. The normalized spacial score (nSPS) is 9.08. The van der Waals surface area contributed by atoms with Crippen molar-refractivity contribution in [1.82, 2.24) is 0 Å². The third kappa shape index (κ3) is 8.12. The van der Waals surface area contributed by atoms with Crippen molar-refractivity contribution in [3.8, 4) is 23.0 Å². The summed E-state index contributed by atoms with van der Waals surface area (Å²) in [6.45, 7) is 1.09. The molecule has 0 aliphatic heterocycles. The highest BCUT2D eigenvalue weighted by Gasteiger charge is 1.99. The van der Waals surface area contributed by atoms with Gasteiger partial charge in [-0.1, -0.05) is 12.1 Å². The molecule has 0 radical (unpaired) electrons. The first-order valence-corrected chi connectivity index (χ1v) is 6.89. The summed E-state index contributed by atoms with van der Waals surface area (Å²) in [6, 6.07) is 9.43. The molecule has 2 aromatic carbocycles. The molecular weight excluding hydrogens is 355 g/mol. The second kappa shape index (κ2) is 12.5. The molecule has 0 amide bonds. The van der Waals surface area contributed by atoms with E-state index in [9.17, 15) is 0 Å². The number of hydrogen-bond acceptors (Lipinski definition) is 6. The van der Waals surface area contributed by atoms with Crippen LogP contribution in [0.3, 0.4) is 0 Å². The average Bonchev–Trinajstić information content (AvgIpc) is 2.48. The number of phenolic OH excluding ortho intramolecular Hbond substituents is 4. The Morgan fingerprint density at radius 1 is 0.625 bits per heavy atom. The Labute approximate surface area is 156 Å². The van der Waals surface area contributed by atoms with Crippen molar-refractivity contribution >= 4 is 0 Å². The van der Waals surface area contributed by atoms with E-state index in [0.29, 0.717) is 25.9 Å². The minimum atomic E-state index is -0.0919. The second-order valence-corrected chi connectivity index (χ2v) is 4.72. The van der Waals surface area contributed by atoms with Crippen molar-refractivity contribution in [3.05, 3.63) is 47.5 Å². The molecule has 0 unspecified atom stereocenters. The van der Waals surface area contributed by atoms with Gasteiger partial charge in [-0.25, -0.2) is 0 Å². The summed E-state index contributed by atoms with van der Waals surface area (Å²) in [6.07, 6.45) is 1.43. The first kappa shape index (κ1) is 24.4. The number of rotatable bonds is 4. The quantitative estimate of drug-likeness (QED) is 0.297. The summed E-state index contributed by atoms with van der Waals surface area (Å²) >= 11 is 0. The molecule has 0 aromatic heterocycles. The molecular formula is C16H24Cl2N2O4. The van der Waals surface area contributed by atoms with E-state index >= 15 is 0 Å². The van der Waals surface area contributed by atoms with Crippen LogP contribution >= 0.6 is 0 Å². The number of halogens is 2. The van der Waals surface area contributed by atoms with Gasteiger partial charge in [-0.2, -0.15) is 0 Å². The van der Waals surface area contributed by atoms with Crippen LogP contribution in [-0.4, -0.2) is 33.5 Å². The molecule has 2 aromatic rings. The van der Waals surface area contributed by atoms with Crippen molar-refractivity contribution in [1.29, 1.82) is 0 Å². The van der Waals surface area contributed by atoms with Gasteiger partial charge < -0.3 is 56.7 Å². The van der Waals surface area contributed by atoms with Gasteiger partial charge in [0.15, 0.2) is 23.0 Å². The molecule has 136 valence electrons. The molecule has 8 N–H and O–H groups in total. The Morgan fingerprint density at radius 3 is 1.21 bits per heavy atom. The van der Waals surface area contributed by atoms with Crippen LogP contribution in [0.4, 0.5) is 0 Å². The predicted molar refractivity (Wildman–Crippen MR) is 87.3 cm³/mol. The van der Waals surface area contributed by atoms with E-state index in [1.54, 1.807) is 12.1 Å². The Kier molecular flexibility index (Phi) is 12.8. The third-order valence-electron chi connectivity index (χ3n) is 2.95. The summed E-state index contributed by atoms with van der Waals surface area (Å²) in [5.41, 5.74) is 12.5. The number of benzene rings is 2. The number of aromatic hydroxyl groups is 4. The number of nitrogens with two attached hydrogens (primary N) is 2. The largest absolute Gasteiger partial charge is 1.00 e.